The molecular formula is C58H101N2O7P. The Morgan fingerprint density at radius 2 is 0.956 bits per heavy atom. The van der Waals surface area contributed by atoms with Crippen molar-refractivity contribution in [3.63, 3.8) is 0 Å². The molecule has 0 bridgehead atoms. The third-order valence-electron chi connectivity index (χ3n) is 11.4. The minimum atomic E-state index is -4.71. The van der Waals surface area contributed by atoms with Crippen LogP contribution in [0.1, 0.15) is 207 Å². The van der Waals surface area contributed by atoms with E-state index >= 15 is 0 Å². The number of esters is 1. The Morgan fingerprint density at radius 3 is 1.46 bits per heavy atom. The zero-order valence-electron chi connectivity index (χ0n) is 44.3. The van der Waals surface area contributed by atoms with Gasteiger partial charge in [-0.1, -0.05) is 215 Å². The van der Waals surface area contributed by atoms with Crippen molar-refractivity contribution in [3.05, 3.63) is 97.2 Å². The lowest BCUT2D eigenvalue weighted by Gasteiger charge is -2.30. The van der Waals surface area contributed by atoms with Gasteiger partial charge in [0.05, 0.1) is 33.8 Å². The van der Waals surface area contributed by atoms with Crippen molar-refractivity contribution < 1.29 is 37.3 Å². The summed E-state index contributed by atoms with van der Waals surface area (Å²) < 4.78 is 30.1. The highest BCUT2D eigenvalue weighted by atomic mass is 31.2. The van der Waals surface area contributed by atoms with E-state index in [9.17, 15) is 19.0 Å². The van der Waals surface area contributed by atoms with E-state index in [1.165, 1.54) is 89.9 Å². The van der Waals surface area contributed by atoms with Gasteiger partial charge in [-0.3, -0.25) is 14.2 Å². The summed E-state index contributed by atoms with van der Waals surface area (Å²) in [6.45, 7) is 6.61. The minimum absolute atomic E-state index is 0.0385. The summed E-state index contributed by atoms with van der Waals surface area (Å²) in [7, 11) is 1.13. The molecule has 0 aliphatic heterocycles. The maximum absolute atomic E-state index is 13.4. The van der Waals surface area contributed by atoms with Crippen molar-refractivity contribution in [2.24, 2.45) is 0 Å². The minimum Gasteiger partial charge on any atom is -0.756 e. The van der Waals surface area contributed by atoms with Gasteiger partial charge in [-0.15, -0.1) is 0 Å². The quantitative estimate of drug-likeness (QED) is 0.0161. The summed E-state index contributed by atoms with van der Waals surface area (Å²) in [6, 6.07) is -0.921. The number of hydrogen-bond acceptors (Lipinski definition) is 7. The molecule has 390 valence electrons. The average Bonchev–Trinajstić information content (AvgIpc) is 3.29. The third-order valence-corrected chi connectivity index (χ3v) is 12.4. The molecule has 0 aromatic rings. The summed E-state index contributed by atoms with van der Waals surface area (Å²) in [5.41, 5.74) is 0. The van der Waals surface area contributed by atoms with Crippen molar-refractivity contribution >= 4 is 19.7 Å². The Hall–Kier alpha value is -3.07. The molecule has 0 saturated carbocycles. The Labute approximate surface area is 418 Å². The molecular weight excluding hydrogens is 868 g/mol. The summed E-state index contributed by atoms with van der Waals surface area (Å²) in [4.78, 5) is 39.7. The molecule has 0 heterocycles. The van der Waals surface area contributed by atoms with Crippen LogP contribution in [0.5, 0.6) is 0 Å². The number of unbranched alkanes of at least 4 members (excludes halogenated alkanes) is 22. The number of phosphoric ester groups is 1. The molecule has 0 aliphatic carbocycles. The number of carbonyl (C=O) groups is 2. The fourth-order valence-corrected chi connectivity index (χ4v) is 7.92. The van der Waals surface area contributed by atoms with Crippen LogP contribution < -0.4 is 10.2 Å². The lowest BCUT2D eigenvalue weighted by Crippen LogP contribution is -2.47. The molecule has 68 heavy (non-hydrogen) atoms. The molecule has 0 spiro atoms. The molecule has 1 amide bonds. The van der Waals surface area contributed by atoms with Gasteiger partial charge in [-0.05, 0) is 76.7 Å². The number of amides is 1. The standard InChI is InChI=1S/C58H101N2O7P/c1-7-10-13-16-19-22-25-28-29-30-31-33-35-38-41-44-47-50-57(61)59-55(54-66-68(63,64)65-53-52-60(4,5)6)56(49-46-43-40-37-34-27-24-21-18-15-12-9-3)67-58(62)51-48-45-42-39-36-32-26-23-20-17-14-11-8-2/h10,13,16,19,22,25,28-33,35-36,46,49,55-56H,7-9,11-12,14-15,17-18,20-21,23-24,26-27,34,37-45,47-48,50-54H2,1-6H3,(H-,59,61,63,64)/b13-10-,19-16+,25-22+,29-28-,31-30+,35-33+,36-32-,49-46-. The Morgan fingerprint density at radius 1 is 0.529 bits per heavy atom. The first-order chi connectivity index (χ1) is 32.9. The van der Waals surface area contributed by atoms with Gasteiger partial charge in [0.15, 0.2) is 0 Å². The molecule has 0 aromatic heterocycles. The van der Waals surface area contributed by atoms with Gasteiger partial charge in [0, 0.05) is 12.8 Å². The van der Waals surface area contributed by atoms with Crippen molar-refractivity contribution in [3.8, 4) is 0 Å². The second-order valence-corrected chi connectivity index (χ2v) is 20.6. The zero-order valence-corrected chi connectivity index (χ0v) is 45.2. The highest BCUT2D eigenvalue weighted by Crippen LogP contribution is 2.38. The largest absolute Gasteiger partial charge is 0.756 e. The highest BCUT2D eigenvalue weighted by molar-refractivity contribution is 7.45. The number of rotatable bonds is 47. The SMILES string of the molecule is CC\C=C/C=C/C=C/C=C\C=C\C=C\CCCCCC(=O)NC(COP(=O)([O-])OCC[N+](C)(C)C)C(/C=C\CCCCCCCCCCCC)OC(=O)CCCCC/C=C\CCCCCCCC. The fraction of sp³-hybridized carbons (Fsp3) is 0.690. The predicted octanol–water partition coefficient (Wildman–Crippen LogP) is 15.4. The highest BCUT2D eigenvalue weighted by Gasteiger charge is 2.27. The third kappa shape index (κ3) is 48.0. The van der Waals surface area contributed by atoms with Crippen LogP contribution in [-0.2, 0) is 27.9 Å². The zero-order chi connectivity index (χ0) is 50.1. The number of allylic oxidation sites excluding steroid dienone is 15. The summed E-state index contributed by atoms with van der Waals surface area (Å²) in [6.07, 6.45) is 62.3. The second-order valence-electron chi connectivity index (χ2n) is 19.1. The number of quaternary nitrogens is 1. The number of hydrogen-bond donors (Lipinski definition) is 1. The summed E-state index contributed by atoms with van der Waals surface area (Å²) >= 11 is 0. The Balaban J connectivity index is 5.53. The molecule has 10 heteroatoms. The molecule has 1 N–H and O–H groups in total. The molecule has 3 atom stereocenters. The van der Waals surface area contributed by atoms with E-state index in [0.717, 1.165) is 70.6 Å². The van der Waals surface area contributed by atoms with Crippen LogP contribution in [0.25, 0.3) is 0 Å². The molecule has 0 fully saturated rings. The monoisotopic (exact) mass is 969 g/mol. The smallest absolute Gasteiger partial charge is 0.306 e. The second kappa shape index (κ2) is 47.6. The number of nitrogens with one attached hydrogen (secondary N) is 1. The predicted molar refractivity (Wildman–Crippen MR) is 288 cm³/mol. The topological polar surface area (TPSA) is 114 Å². The van der Waals surface area contributed by atoms with Crippen LogP contribution in [0.15, 0.2) is 97.2 Å². The number of ether oxygens (including phenoxy) is 1. The van der Waals surface area contributed by atoms with E-state index in [2.05, 4.69) is 50.4 Å². The molecule has 0 rings (SSSR count). The number of nitrogens with zero attached hydrogens (tertiary/aromatic N) is 1. The lowest BCUT2D eigenvalue weighted by atomic mass is 10.1. The number of carbonyl (C=O) groups excluding carboxylic acids is 2. The Bertz CT molecular complexity index is 1490. The van der Waals surface area contributed by atoms with Crippen LogP contribution >= 0.6 is 7.82 Å². The molecule has 0 aliphatic rings. The molecule has 0 radical (unpaired) electrons. The Kier molecular flexibility index (Phi) is 45.5. The van der Waals surface area contributed by atoms with E-state index in [0.29, 0.717) is 23.9 Å². The molecule has 0 aromatic carbocycles. The maximum Gasteiger partial charge on any atom is 0.306 e. The van der Waals surface area contributed by atoms with Crippen LogP contribution in [0.3, 0.4) is 0 Å². The molecule has 9 nitrogen and oxygen atoms in total. The molecule has 3 unspecified atom stereocenters. The van der Waals surface area contributed by atoms with Crippen LogP contribution in [0, 0.1) is 0 Å². The fourth-order valence-electron chi connectivity index (χ4n) is 7.19. The normalized spacial score (nSPS) is 14.6. The van der Waals surface area contributed by atoms with E-state index in [-0.39, 0.29) is 31.3 Å². The molecule has 0 saturated heterocycles. The first kappa shape index (κ1) is 64.9. The van der Waals surface area contributed by atoms with Crippen molar-refractivity contribution in [1.82, 2.24) is 5.32 Å². The van der Waals surface area contributed by atoms with Gasteiger partial charge in [-0.2, -0.15) is 0 Å². The van der Waals surface area contributed by atoms with E-state index in [1.54, 1.807) is 6.08 Å². The van der Waals surface area contributed by atoms with Gasteiger partial charge in [0.2, 0.25) is 5.91 Å². The first-order valence-electron chi connectivity index (χ1n) is 27.1. The average molecular weight is 969 g/mol. The van der Waals surface area contributed by atoms with Crippen molar-refractivity contribution in [2.75, 3.05) is 40.9 Å². The van der Waals surface area contributed by atoms with Crippen molar-refractivity contribution in [1.29, 1.82) is 0 Å². The van der Waals surface area contributed by atoms with E-state index < -0.39 is 26.6 Å². The summed E-state index contributed by atoms with van der Waals surface area (Å²) in [5.74, 6) is -0.619. The summed E-state index contributed by atoms with van der Waals surface area (Å²) in [5, 5.41) is 2.98. The van der Waals surface area contributed by atoms with Gasteiger partial charge < -0.3 is 28.5 Å². The lowest BCUT2D eigenvalue weighted by molar-refractivity contribution is -0.870. The van der Waals surface area contributed by atoms with Crippen LogP contribution in [-0.4, -0.2) is 69.4 Å². The van der Waals surface area contributed by atoms with E-state index in [1.807, 2.05) is 88.0 Å². The van der Waals surface area contributed by atoms with E-state index in [4.69, 9.17) is 13.8 Å². The van der Waals surface area contributed by atoms with Gasteiger partial charge >= 0.3 is 5.97 Å². The van der Waals surface area contributed by atoms with Crippen molar-refractivity contribution in [2.45, 2.75) is 219 Å². The van der Waals surface area contributed by atoms with Gasteiger partial charge in [0.1, 0.15) is 19.3 Å². The van der Waals surface area contributed by atoms with Crippen LogP contribution in [0.4, 0.5) is 0 Å². The van der Waals surface area contributed by atoms with Gasteiger partial charge in [-0.25, -0.2) is 0 Å². The maximum atomic E-state index is 13.4. The first-order valence-corrected chi connectivity index (χ1v) is 28.6. The number of likely N-dealkylation sites (N-methyl/N-ethyl adjacent to an activating group) is 1. The van der Waals surface area contributed by atoms with Gasteiger partial charge in [0.25, 0.3) is 7.82 Å². The van der Waals surface area contributed by atoms with Crippen LogP contribution in [0.2, 0.25) is 0 Å². The number of phosphoric acid groups is 1.